The molecule has 0 heterocycles. The van der Waals surface area contributed by atoms with E-state index in [0.717, 1.165) is 0 Å². The molecule has 4 aromatic rings. The van der Waals surface area contributed by atoms with Crippen molar-refractivity contribution in [2.45, 2.75) is 106 Å². The van der Waals surface area contributed by atoms with Crippen LogP contribution in [0.3, 0.4) is 0 Å². The Bertz CT molecular complexity index is 2770. The Morgan fingerprint density at radius 3 is 1.20 bits per heavy atom. The number of phenolic OH excluding ortho intramolecular Hbond substituents is 2. The number of thioether (sulfide) groups is 1. The topological polar surface area (TPSA) is 427 Å². The second kappa shape index (κ2) is 32.8. The minimum atomic E-state index is -1.25. The maximum absolute atomic E-state index is 14.0. The molecule has 0 saturated carbocycles. The van der Waals surface area contributed by atoms with Crippen molar-refractivity contribution >= 4 is 81.8 Å². The van der Waals surface area contributed by atoms with Crippen LogP contribution in [-0.2, 0) is 19.2 Å². The Balaban J connectivity index is 1.51. The number of nitrogens with two attached hydrogens (primary N) is 6. The van der Waals surface area contributed by atoms with Crippen molar-refractivity contribution in [3.05, 3.63) is 95.1 Å². The number of hydrogen-bond donors (Lipinski definition) is 15. The summed E-state index contributed by atoms with van der Waals surface area (Å²) in [4.78, 5) is 109. The van der Waals surface area contributed by atoms with Crippen molar-refractivity contribution in [1.82, 2.24) is 16.0 Å². The van der Waals surface area contributed by atoms with Gasteiger partial charge in [0.1, 0.15) is 35.4 Å². The number of nitrogens with one attached hydrogen (secondary N) is 7. The highest BCUT2D eigenvalue weighted by molar-refractivity contribution is 7.98. The fourth-order valence-corrected chi connectivity index (χ4v) is 8.67. The lowest BCUT2D eigenvalue weighted by Gasteiger charge is -2.21. The largest absolute Gasteiger partial charge is 0.507 e. The number of primary amides is 1. The first kappa shape index (κ1) is 63.7. The summed E-state index contributed by atoms with van der Waals surface area (Å²) < 4.78 is 5.43. The number of amides is 8. The molecular formula is C54H75N13O11S. The van der Waals surface area contributed by atoms with Gasteiger partial charge in [0, 0.05) is 27.6 Å². The number of aromatic hydroxyl groups is 2. The van der Waals surface area contributed by atoms with Crippen molar-refractivity contribution < 1.29 is 53.3 Å². The quantitative estimate of drug-likeness (QED) is 0.0185. The number of carbonyl (C=O) groups excluding carboxylic acids is 8. The Hall–Kier alpha value is -7.81. The van der Waals surface area contributed by atoms with Gasteiger partial charge >= 0.3 is 0 Å². The third kappa shape index (κ3) is 19.9. The molecule has 0 aliphatic carbocycles. The molecule has 0 aliphatic rings. The minimum absolute atomic E-state index is 0.0103. The van der Waals surface area contributed by atoms with Crippen molar-refractivity contribution in [3.8, 4) is 17.2 Å². The van der Waals surface area contributed by atoms with Gasteiger partial charge in [0.25, 0.3) is 17.7 Å². The normalized spacial score (nSPS) is 12.4. The number of ether oxygens (including phenoxy) is 1. The number of anilines is 4. The van der Waals surface area contributed by atoms with Crippen LogP contribution < -0.4 is 76.4 Å². The van der Waals surface area contributed by atoms with Crippen LogP contribution in [-0.4, -0.2) is 121 Å². The van der Waals surface area contributed by atoms with Crippen molar-refractivity contribution in [1.29, 1.82) is 0 Å². The summed E-state index contributed by atoms with van der Waals surface area (Å²) in [6, 6.07) is 12.1. The Labute approximate surface area is 463 Å². The van der Waals surface area contributed by atoms with Crippen LogP contribution in [0.4, 0.5) is 22.7 Å². The molecule has 0 aromatic heterocycles. The monoisotopic (exact) mass is 1110 g/mol. The number of unbranched alkanes of at least 4 members (excludes halogenated alkanes) is 4. The fourth-order valence-electron chi connectivity index (χ4n) is 8.09. The summed E-state index contributed by atoms with van der Waals surface area (Å²) in [6.45, 7) is 1.39. The van der Waals surface area contributed by atoms with E-state index in [1.165, 1.54) is 73.5 Å². The van der Waals surface area contributed by atoms with E-state index in [2.05, 4.69) is 37.2 Å². The number of benzene rings is 4. The van der Waals surface area contributed by atoms with Crippen molar-refractivity contribution in [2.24, 2.45) is 34.4 Å². The standard InChI is InChI=1S/C54H75N13O11S/c1-78-45-21-17-33(61-51(74)39(59)11-3-7-23-55)29-37(45)50(73)67-42(14-6-10-26-58)54(77)63-32-16-20-44(69)36(28-32)48(71)65-40(12-4-8-24-56)52(75)62-31-15-19-43(68)35(27-31)49(72)66-41(13-5-9-25-57)53(76)64-34-18-22-46(79-2)38(30-34)47(60)70/h15-22,27-30,39-42,68-69H,3-14,23-26,55-59H2,1-2H3,(H2,60,70)(H,61,74)(H,62,75)(H,63,77)(H,64,76)(H,65,71)(H,66,72)(H,67,73). The smallest absolute Gasteiger partial charge is 0.255 e. The zero-order valence-electron chi connectivity index (χ0n) is 44.5. The zero-order chi connectivity index (χ0) is 58.0. The summed E-state index contributed by atoms with van der Waals surface area (Å²) in [5, 5.41) is 40.5. The number of methoxy groups -OCH3 is 1. The number of hydrogen-bond acceptors (Lipinski definition) is 17. The second-order valence-corrected chi connectivity index (χ2v) is 19.3. The van der Waals surface area contributed by atoms with E-state index in [9.17, 15) is 48.6 Å². The molecule has 4 rings (SSSR count). The van der Waals surface area contributed by atoms with Gasteiger partial charge in [-0.25, -0.2) is 0 Å². The van der Waals surface area contributed by atoms with Gasteiger partial charge in [-0.15, -0.1) is 11.8 Å². The first-order chi connectivity index (χ1) is 37.9. The summed E-state index contributed by atoms with van der Waals surface area (Å²) in [5.74, 6) is -6.48. The van der Waals surface area contributed by atoms with Crippen LogP contribution >= 0.6 is 11.8 Å². The molecule has 79 heavy (non-hydrogen) atoms. The van der Waals surface area contributed by atoms with E-state index in [1.807, 2.05) is 0 Å². The Morgan fingerprint density at radius 2 is 0.823 bits per heavy atom. The first-order valence-corrected chi connectivity index (χ1v) is 27.1. The van der Waals surface area contributed by atoms with Crippen molar-refractivity contribution in [3.63, 3.8) is 0 Å². The lowest BCUT2D eigenvalue weighted by atomic mass is 10.1. The minimum Gasteiger partial charge on any atom is -0.507 e. The van der Waals surface area contributed by atoms with Crippen LogP contribution in [0, 0.1) is 0 Å². The van der Waals surface area contributed by atoms with E-state index in [4.69, 9.17) is 39.1 Å². The maximum atomic E-state index is 14.0. The molecule has 25 heteroatoms. The van der Waals surface area contributed by atoms with Crippen molar-refractivity contribution in [2.75, 3.05) is 60.8 Å². The zero-order valence-corrected chi connectivity index (χ0v) is 45.3. The average molecular weight is 1110 g/mol. The summed E-state index contributed by atoms with van der Waals surface area (Å²) in [6.07, 6.45) is 6.72. The van der Waals surface area contributed by atoms with Gasteiger partial charge in [0.2, 0.25) is 29.5 Å². The predicted octanol–water partition coefficient (Wildman–Crippen LogP) is 2.92. The lowest BCUT2D eigenvalue weighted by Crippen LogP contribution is -2.44. The predicted molar refractivity (Wildman–Crippen MR) is 304 cm³/mol. The highest BCUT2D eigenvalue weighted by atomic mass is 32.2. The number of phenols is 2. The summed E-state index contributed by atoms with van der Waals surface area (Å²) >= 11 is 1.30. The third-order valence-corrected chi connectivity index (χ3v) is 13.3. The molecule has 8 amide bonds. The van der Waals surface area contributed by atoms with Gasteiger partial charge in [0.05, 0.1) is 35.4 Å². The van der Waals surface area contributed by atoms with Crippen LogP contribution in [0.1, 0.15) is 118 Å². The van der Waals surface area contributed by atoms with Gasteiger partial charge in [-0.1, -0.05) is 6.42 Å². The summed E-state index contributed by atoms with van der Waals surface area (Å²) in [5.41, 5.74) is 34.6. The molecule has 4 unspecified atom stereocenters. The van der Waals surface area contributed by atoms with Gasteiger partial charge in [0.15, 0.2) is 0 Å². The molecule has 0 aliphatic heterocycles. The molecule has 0 spiro atoms. The molecule has 0 bridgehead atoms. The van der Waals surface area contributed by atoms with Crippen LogP contribution in [0.25, 0.3) is 0 Å². The molecule has 4 atom stereocenters. The Kier molecular flexibility index (Phi) is 26.5. The Morgan fingerprint density at radius 1 is 0.481 bits per heavy atom. The molecule has 21 N–H and O–H groups in total. The van der Waals surface area contributed by atoms with Gasteiger partial charge < -0.3 is 86.6 Å². The molecule has 0 radical (unpaired) electrons. The van der Waals surface area contributed by atoms with Crippen LogP contribution in [0.2, 0.25) is 0 Å². The SMILES string of the molecule is COc1ccc(NC(=O)C(N)CCCCN)cc1C(=O)NC(CCCCN)C(=O)Nc1ccc(O)c(C(=O)NC(CCCCN)C(=O)Nc2ccc(O)c(C(=O)NC(CCCCN)C(=O)Nc3ccc(SC)c(C(N)=O)c3)c2)c1. The van der Waals surface area contributed by atoms with E-state index in [0.29, 0.717) is 82.3 Å². The fraction of sp³-hybridized carbons (Fsp3) is 0.407. The number of carbonyl (C=O) groups is 8. The molecule has 0 fully saturated rings. The van der Waals surface area contributed by atoms with Gasteiger partial charge in [-0.2, -0.15) is 0 Å². The third-order valence-electron chi connectivity index (χ3n) is 12.5. The van der Waals surface area contributed by atoms with E-state index >= 15 is 0 Å². The van der Waals surface area contributed by atoms with Gasteiger partial charge in [-0.05, 0) is 176 Å². The van der Waals surface area contributed by atoms with E-state index in [1.54, 1.807) is 24.5 Å². The van der Waals surface area contributed by atoms with E-state index < -0.39 is 82.9 Å². The molecule has 428 valence electrons. The summed E-state index contributed by atoms with van der Waals surface area (Å²) in [7, 11) is 1.36. The molecule has 24 nitrogen and oxygen atoms in total. The van der Waals surface area contributed by atoms with Gasteiger partial charge in [-0.3, -0.25) is 38.4 Å². The highest BCUT2D eigenvalue weighted by Gasteiger charge is 2.28. The maximum Gasteiger partial charge on any atom is 0.255 e. The average Bonchev–Trinajstić information content (AvgIpc) is 3.46. The molecule has 4 aromatic carbocycles. The van der Waals surface area contributed by atoms with Crippen LogP contribution in [0.5, 0.6) is 17.2 Å². The molecular weight excluding hydrogens is 1040 g/mol. The lowest BCUT2D eigenvalue weighted by molar-refractivity contribution is -0.118. The van der Waals surface area contributed by atoms with E-state index in [-0.39, 0.29) is 76.6 Å². The number of rotatable bonds is 33. The first-order valence-electron chi connectivity index (χ1n) is 25.9. The molecule has 0 saturated heterocycles. The highest BCUT2D eigenvalue weighted by Crippen LogP contribution is 2.28. The second-order valence-electron chi connectivity index (χ2n) is 18.4. The van der Waals surface area contributed by atoms with Crippen LogP contribution in [0.15, 0.2) is 77.7 Å².